The lowest BCUT2D eigenvalue weighted by Crippen LogP contribution is -2.52. The zero-order valence-electron chi connectivity index (χ0n) is 7.97. The highest BCUT2D eigenvalue weighted by Gasteiger charge is 2.43. The summed E-state index contributed by atoms with van der Waals surface area (Å²) in [5, 5.41) is 12.8. The molecule has 1 aliphatic carbocycles. The number of likely N-dealkylation sites (N-methyl/N-ethyl adjacent to an activating group) is 1. The van der Waals surface area contributed by atoms with E-state index in [9.17, 15) is 5.11 Å². The van der Waals surface area contributed by atoms with Gasteiger partial charge in [-0.1, -0.05) is 6.92 Å². The van der Waals surface area contributed by atoms with Gasteiger partial charge in [-0.15, -0.1) is 0 Å². The molecule has 0 saturated heterocycles. The van der Waals surface area contributed by atoms with Crippen LogP contribution in [-0.2, 0) is 0 Å². The van der Waals surface area contributed by atoms with Crippen LogP contribution in [0.15, 0.2) is 0 Å². The van der Waals surface area contributed by atoms with E-state index in [1.807, 2.05) is 11.8 Å². The third kappa shape index (κ3) is 2.15. The van der Waals surface area contributed by atoms with Gasteiger partial charge in [-0.2, -0.15) is 11.8 Å². The van der Waals surface area contributed by atoms with Crippen molar-refractivity contribution in [2.24, 2.45) is 5.92 Å². The summed E-state index contributed by atoms with van der Waals surface area (Å²) in [6.45, 7) is 3.34. The Bertz CT molecular complexity index is 130. The van der Waals surface area contributed by atoms with Crippen molar-refractivity contribution in [3.05, 3.63) is 0 Å². The Morgan fingerprint density at radius 2 is 2.25 bits per heavy atom. The minimum absolute atomic E-state index is 0.0220. The fraction of sp³-hybridized carbons (Fsp3) is 1.00. The summed E-state index contributed by atoms with van der Waals surface area (Å²) in [4.78, 5) is 0. The molecule has 2 N–H and O–H groups in total. The van der Waals surface area contributed by atoms with Crippen LogP contribution in [0, 0.1) is 5.92 Å². The van der Waals surface area contributed by atoms with Gasteiger partial charge >= 0.3 is 0 Å². The van der Waals surface area contributed by atoms with E-state index in [1.54, 1.807) is 0 Å². The Morgan fingerprint density at radius 1 is 1.58 bits per heavy atom. The van der Waals surface area contributed by atoms with Crippen LogP contribution in [0.3, 0.4) is 0 Å². The van der Waals surface area contributed by atoms with Crippen molar-refractivity contribution in [3.8, 4) is 0 Å². The van der Waals surface area contributed by atoms with Crippen LogP contribution in [0.25, 0.3) is 0 Å². The molecule has 1 rings (SSSR count). The second-order valence-corrected chi connectivity index (χ2v) is 4.42. The molecular formula is C9H19NOS. The van der Waals surface area contributed by atoms with Crippen molar-refractivity contribution in [2.45, 2.75) is 25.3 Å². The molecule has 0 amide bonds. The molecule has 2 nitrogen and oxygen atoms in total. The molecule has 1 atom stereocenters. The first kappa shape index (κ1) is 10.4. The molecule has 0 aromatic rings. The maximum Gasteiger partial charge on any atom is 0.0624 e. The van der Waals surface area contributed by atoms with Gasteiger partial charge in [0.1, 0.15) is 0 Å². The van der Waals surface area contributed by atoms with E-state index in [0.29, 0.717) is 0 Å². The zero-order valence-corrected chi connectivity index (χ0v) is 8.78. The molecular weight excluding hydrogens is 170 g/mol. The summed E-state index contributed by atoms with van der Waals surface area (Å²) in [6.07, 6.45) is 4.67. The quantitative estimate of drug-likeness (QED) is 0.656. The fourth-order valence-corrected chi connectivity index (χ4v) is 2.73. The first-order valence-electron chi connectivity index (χ1n) is 4.64. The van der Waals surface area contributed by atoms with Gasteiger partial charge in [0.15, 0.2) is 0 Å². The van der Waals surface area contributed by atoms with E-state index in [4.69, 9.17) is 0 Å². The highest BCUT2D eigenvalue weighted by atomic mass is 32.2. The van der Waals surface area contributed by atoms with Crippen molar-refractivity contribution in [1.82, 2.24) is 5.32 Å². The lowest BCUT2D eigenvalue weighted by atomic mass is 9.97. The third-order valence-corrected chi connectivity index (χ3v) is 3.38. The van der Waals surface area contributed by atoms with Gasteiger partial charge < -0.3 is 10.4 Å². The molecule has 0 aromatic heterocycles. The van der Waals surface area contributed by atoms with Gasteiger partial charge in [-0.3, -0.25) is 0 Å². The molecule has 12 heavy (non-hydrogen) atoms. The molecule has 0 bridgehead atoms. The Labute approximate surface area is 79.1 Å². The Balaban J connectivity index is 2.51. The van der Waals surface area contributed by atoms with Crippen LogP contribution in [0.5, 0.6) is 0 Å². The maximum atomic E-state index is 9.37. The van der Waals surface area contributed by atoms with Crippen LogP contribution in [0.1, 0.15) is 19.8 Å². The molecule has 3 heteroatoms. The lowest BCUT2D eigenvalue weighted by molar-refractivity contribution is 0.161. The van der Waals surface area contributed by atoms with Crippen LogP contribution in [0.4, 0.5) is 0 Å². The van der Waals surface area contributed by atoms with Crippen molar-refractivity contribution in [2.75, 3.05) is 25.2 Å². The highest BCUT2D eigenvalue weighted by molar-refractivity contribution is 7.98. The predicted molar refractivity (Wildman–Crippen MR) is 54.6 cm³/mol. The van der Waals surface area contributed by atoms with Gasteiger partial charge in [0, 0.05) is 5.75 Å². The van der Waals surface area contributed by atoms with E-state index in [1.165, 1.54) is 12.8 Å². The van der Waals surface area contributed by atoms with Crippen molar-refractivity contribution < 1.29 is 5.11 Å². The van der Waals surface area contributed by atoms with Gasteiger partial charge in [0.25, 0.3) is 0 Å². The molecule has 1 fully saturated rings. The average Bonchev–Trinajstić information content (AvgIpc) is 2.86. The monoisotopic (exact) mass is 189 g/mol. The van der Waals surface area contributed by atoms with Crippen LogP contribution in [-0.4, -0.2) is 35.8 Å². The summed E-state index contributed by atoms with van der Waals surface area (Å²) in [7, 11) is 0. The molecule has 0 heterocycles. The lowest BCUT2D eigenvalue weighted by Gasteiger charge is -2.32. The predicted octanol–water partition coefficient (Wildman–Crippen LogP) is 1.10. The van der Waals surface area contributed by atoms with Crippen molar-refractivity contribution in [1.29, 1.82) is 0 Å². The molecule has 0 spiro atoms. The number of thioether (sulfide) groups is 1. The SMILES string of the molecule is CCNC(CO)(CSC)C1CC1. The van der Waals surface area contributed by atoms with E-state index in [0.717, 1.165) is 18.2 Å². The number of nitrogens with one attached hydrogen (secondary N) is 1. The Hall–Kier alpha value is 0.270. The summed E-state index contributed by atoms with van der Waals surface area (Å²) in [5.74, 6) is 1.75. The number of hydrogen-bond acceptors (Lipinski definition) is 3. The summed E-state index contributed by atoms with van der Waals surface area (Å²) < 4.78 is 0. The van der Waals surface area contributed by atoms with Gasteiger partial charge in [0.05, 0.1) is 12.1 Å². The highest BCUT2D eigenvalue weighted by Crippen LogP contribution is 2.40. The minimum atomic E-state index is 0.0220. The number of aliphatic hydroxyl groups excluding tert-OH is 1. The Kier molecular flexibility index (Phi) is 3.87. The topological polar surface area (TPSA) is 32.3 Å². The smallest absolute Gasteiger partial charge is 0.0624 e. The van der Waals surface area contributed by atoms with Crippen molar-refractivity contribution in [3.63, 3.8) is 0 Å². The first-order chi connectivity index (χ1) is 5.79. The average molecular weight is 189 g/mol. The van der Waals surface area contributed by atoms with Gasteiger partial charge in [-0.25, -0.2) is 0 Å². The minimum Gasteiger partial charge on any atom is -0.394 e. The fourth-order valence-electron chi connectivity index (χ4n) is 1.79. The van der Waals surface area contributed by atoms with E-state index in [2.05, 4.69) is 18.5 Å². The molecule has 0 aromatic carbocycles. The largest absolute Gasteiger partial charge is 0.394 e. The normalized spacial score (nSPS) is 22.2. The maximum absolute atomic E-state index is 9.37. The number of hydrogen-bond donors (Lipinski definition) is 2. The van der Waals surface area contributed by atoms with Crippen LogP contribution >= 0.6 is 11.8 Å². The summed E-state index contributed by atoms with van der Waals surface area (Å²) >= 11 is 1.82. The first-order valence-corrected chi connectivity index (χ1v) is 6.03. The van der Waals surface area contributed by atoms with E-state index >= 15 is 0 Å². The summed E-state index contributed by atoms with van der Waals surface area (Å²) in [6, 6.07) is 0. The van der Waals surface area contributed by atoms with Crippen LogP contribution in [0.2, 0.25) is 0 Å². The van der Waals surface area contributed by atoms with Gasteiger partial charge in [-0.05, 0) is 31.6 Å². The molecule has 1 aliphatic rings. The summed E-state index contributed by atoms with van der Waals surface area (Å²) in [5.41, 5.74) is 0.0220. The Morgan fingerprint density at radius 3 is 2.58 bits per heavy atom. The molecule has 1 unspecified atom stereocenters. The third-order valence-electron chi connectivity index (χ3n) is 2.57. The van der Waals surface area contributed by atoms with E-state index < -0.39 is 0 Å². The molecule has 0 aliphatic heterocycles. The standard InChI is InChI=1S/C9H19NOS/c1-3-10-9(6-11,7-12-2)8-4-5-8/h8,10-11H,3-7H2,1-2H3. The number of rotatable bonds is 6. The number of aliphatic hydroxyl groups is 1. The van der Waals surface area contributed by atoms with Gasteiger partial charge in [0.2, 0.25) is 0 Å². The zero-order chi connectivity index (χ0) is 9.03. The van der Waals surface area contributed by atoms with Crippen LogP contribution < -0.4 is 5.32 Å². The van der Waals surface area contributed by atoms with E-state index in [-0.39, 0.29) is 12.1 Å². The second kappa shape index (κ2) is 4.49. The molecule has 0 radical (unpaired) electrons. The molecule has 1 saturated carbocycles. The van der Waals surface area contributed by atoms with Crippen molar-refractivity contribution >= 4 is 11.8 Å². The second-order valence-electron chi connectivity index (χ2n) is 3.55. The molecule has 72 valence electrons.